The van der Waals surface area contributed by atoms with Crippen LogP contribution in [-0.4, -0.2) is 46.7 Å². The van der Waals surface area contributed by atoms with Crippen LogP contribution in [0, 0.1) is 0 Å². The molecule has 3 aromatic rings. The molecule has 1 amide bonds. The van der Waals surface area contributed by atoms with Crippen LogP contribution in [0.5, 0.6) is 0 Å². The molecule has 0 aliphatic rings. The summed E-state index contributed by atoms with van der Waals surface area (Å²) in [4.78, 5) is 18.8. The third-order valence-electron chi connectivity index (χ3n) is 5.04. The van der Waals surface area contributed by atoms with Crippen molar-refractivity contribution in [3.63, 3.8) is 0 Å². The number of likely N-dealkylation sites (N-methyl/N-ethyl adjacent to an activating group) is 1. The summed E-state index contributed by atoms with van der Waals surface area (Å²) in [7, 11) is 1.71. The van der Waals surface area contributed by atoms with Crippen molar-refractivity contribution in [2.75, 3.05) is 20.1 Å². The quantitative estimate of drug-likeness (QED) is 0.246. The minimum atomic E-state index is 0. The lowest BCUT2D eigenvalue weighted by Crippen LogP contribution is -2.44. The fourth-order valence-electron chi connectivity index (χ4n) is 3.30. The van der Waals surface area contributed by atoms with Gasteiger partial charge in [-0.3, -0.25) is 14.5 Å². The Morgan fingerprint density at radius 3 is 2.41 bits per heavy atom. The van der Waals surface area contributed by atoms with Crippen molar-refractivity contribution >= 4 is 35.8 Å². The minimum absolute atomic E-state index is 0. The van der Waals surface area contributed by atoms with Crippen LogP contribution in [0.1, 0.15) is 23.6 Å². The third kappa shape index (κ3) is 7.67. The van der Waals surface area contributed by atoms with E-state index in [1.807, 2.05) is 71.2 Å². The second-order valence-corrected chi connectivity index (χ2v) is 7.15. The number of nitrogens with zero attached hydrogens (tertiary/aromatic N) is 4. The molecule has 0 spiro atoms. The topological polar surface area (TPSA) is 74.6 Å². The maximum absolute atomic E-state index is 12.7. The van der Waals surface area contributed by atoms with Gasteiger partial charge in [-0.2, -0.15) is 5.10 Å². The van der Waals surface area contributed by atoms with Crippen molar-refractivity contribution in [2.24, 2.45) is 4.99 Å². The Kier molecular flexibility index (Phi) is 10.7. The van der Waals surface area contributed by atoms with Crippen molar-refractivity contribution in [2.45, 2.75) is 26.6 Å². The highest BCUT2D eigenvalue weighted by Crippen LogP contribution is 2.10. The molecule has 8 heteroatoms. The molecule has 0 fully saturated rings. The van der Waals surface area contributed by atoms with E-state index in [1.54, 1.807) is 13.2 Å². The number of hydrogen-bond donors (Lipinski definition) is 2. The van der Waals surface area contributed by atoms with Crippen molar-refractivity contribution < 1.29 is 4.79 Å². The number of carbonyl (C=O) groups is 1. The zero-order chi connectivity index (χ0) is 21.9. The molecule has 170 valence electrons. The summed E-state index contributed by atoms with van der Waals surface area (Å²) in [5.41, 5.74) is 3.46. The highest BCUT2D eigenvalue weighted by Gasteiger charge is 2.13. The Hall–Kier alpha value is -2.88. The lowest BCUT2D eigenvalue weighted by molar-refractivity contribution is -0.130. The van der Waals surface area contributed by atoms with Gasteiger partial charge in [0.2, 0.25) is 5.91 Å². The van der Waals surface area contributed by atoms with Gasteiger partial charge >= 0.3 is 0 Å². The predicted molar refractivity (Wildman–Crippen MR) is 139 cm³/mol. The van der Waals surface area contributed by atoms with Gasteiger partial charge in [-0.1, -0.05) is 54.6 Å². The van der Waals surface area contributed by atoms with E-state index in [4.69, 9.17) is 0 Å². The second kappa shape index (κ2) is 13.5. The Morgan fingerprint density at radius 1 is 1.03 bits per heavy atom. The lowest BCUT2D eigenvalue weighted by atomic mass is 10.1. The highest BCUT2D eigenvalue weighted by atomic mass is 127. The van der Waals surface area contributed by atoms with Gasteiger partial charge in [-0.05, 0) is 29.7 Å². The van der Waals surface area contributed by atoms with Gasteiger partial charge in [-0.15, -0.1) is 24.0 Å². The lowest BCUT2D eigenvalue weighted by Gasteiger charge is -2.22. The molecule has 0 saturated heterocycles. The monoisotopic (exact) mass is 546 g/mol. The van der Waals surface area contributed by atoms with Gasteiger partial charge < -0.3 is 15.5 Å². The van der Waals surface area contributed by atoms with E-state index in [1.165, 1.54) is 5.56 Å². The standard InChI is InChI=1S/C24H30N6O.HI/c1-3-29(18-20-10-5-4-6-11-20)23(31)17-27-24(25-2)26-16-21-12-7-8-13-22(21)19-30-15-9-14-28-30;/h4-15H,3,16-19H2,1-2H3,(H2,25,26,27);1H. The first-order valence-corrected chi connectivity index (χ1v) is 10.5. The molecule has 1 aromatic heterocycles. The summed E-state index contributed by atoms with van der Waals surface area (Å²) in [5, 5.41) is 10.7. The molecule has 0 atom stereocenters. The molecule has 2 N–H and O–H groups in total. The SMILES string of the molecule is CCN(Cc1ccccc1)C(=O)CNC(=NC)NCc1ccccc1Cn1cccn1.I. The molecular formula is C24H31IN6O. The Balaban J connectivity index is 0.00000363. The van der Waals surface area contributed by atoms with Gasteiger partial charge in [0.15, 0.2) is 5.96 Å². The molecule has 2 aromatic carbocycles. The number of aromatic nitrogens is 2. The van der Waals surface area contributed by atoms with Crippen molar-refractivity contribution in [1.29, 1.82) is 0 Å². The molecule has 0 aliphatic heterocycles. The van der Waals surface area contributed by atoms with Crippen LogP contribution in [0.3, 0.4) is 0 Å². The molecule has 1 heterocycles. The summed E-state index contributed by atoms with van der Waals surface area (Å²) >= 11 is 0. The summed E-state index contributed by atoms with van der Waals surface area (Å²) in [6.45, 7) is 4.75. The summed E-state index contributed by atoms with van der Waals surface area (Å²) < 4.78 is 1.90. The van der Waals surface area contributed by atoms with Crippen molar-refractivity contribution in [1.82, 2.24) is 25.3 Å². The number of hydrogen-bond acceptors (Lipinski definition) is 3. The van der Waals surface area contributed by atoms with Crippen LogP contribution in [-0.2, 0) is 24.4 Å². The maximum Gasteiger partial charge on any atom is 0.242 e. The number of benzene rings is 2. The molecule has 7 nitrogen and oxygen atoms in total. The molecule has 3 rings (SSSR count). The summed E-state index contributed by atoms with van der Waals surface area (Å²) in [6, 6.07) is 20.2. The normalized spacial score (nSPS) is 10.9. The van der Waals surface area contributed by atoms with Gasteiger partial charge in [-0.25, -0.2) is 0 Å². The third-order valence-corrected chi connectivity index (χ3v) is 5.04. The molecule has 0 radical (unpaired) electrons. The highest BCUT2D eigenvalue weighted by molar-refractivity contribution is 14.0. The molecule has 0 unspecified atom stereocenters. The summed E-state index contributed by atoms with van der Waals surface area (Å²) in [6.07, 6.45) is 3.73. The number of aliphatic imine (C=N–C) groups is 1. The fraction of sp³-hybridized carbons (Fsp3) is 0.292. The molecule has 0 saturated carbocycles. The van der Waals surface area contributed by atoms with Gasteiger partial charge in [0, 0.05) is 39.1 Å². The minimum Gasteiger partial charge on any atom is -0.352 e. The first-order valence-electron chi connectivity index (χ1n) is 10.5. The fourth-order valence-corrected chi connectivity index (χ4v) is 3.30. The zero-order valence-corrected chi connectivity index (χ0v) is 20.9. The Labute approximate surface area is 206 Å². The second-order valence-electron chi connectivity index (χ2n) is 7.15. The van der Waals surface area contributed by atoms with Crippen molar-refractivity contribution in [3.05, 3.63) is 89.7 Å². The van der Waals surface area contributed by atoms with E-state index < -0.39 is 0 Å². The number of nitrogens with one attached hydrogen (secondary N) is 2. The van der Waals surface area contributed by atoms with Crippen LogP contribution in [0.25, 0.3) is 0 Å². The van der Waals surface area contributed by atoms with Gasteiger partial charge in [0.05, 0.1) is 13.1 Å². The van der Waals surface area contributed by atoms with Crippen LogP contribution in [0.4, 0.5) is 0 Å². The zero-order valence-electron chi connectivity index (χ0n) is 18.6. The van der Waals surface area contributed by atoms with Crippen LogP contribution < -0.4 is 10.6 Å². The van der Waals surface area contributed by atoms with Crippen LogP contribution in [0.15, 0.2) is 78.0 Å². The smallest absolute Gasteiger partial charge is 0.242 e. The molecule has 32 heavy (non-hydrogen) atoms. The maximum atomic E-state index is 12.7. The van der Waals surface area contributed by atoms with Crippen LogP contribution in [0.2, 0.25) is 0 Å². The number of rotatable bonds is 9. The van der Waals surface area contributed by atoms with E-state index in [0.717, 1.165) is 11.1 Å². The largest absolute Gasteiger partial charge is 0.352 e. The average molecular weight is 546 g/mol. The number of halogens is 1. The number of carbonyl (C=O) groups excluding carboxylic acids is 1. The van der Waals surface area contributed by atoms with E-state index in [2.05, 4.69) is 32.9 Å². The van der Waals surface area contributed by atoms with Crippen LogP contribution >= 0.6 is 24.0 Å². The number of guanidine groups is 1. The van der Waals surface area contributed by atoms with Gasteiger partial charge in [0.1, 0.15) is 0 Å². The van der Waals surface area contributed by atoms with E-state index in [9.17, 15) is 4.79 Å². The predicted octanol–water partition coefficient (Wildman–Crippen LogP) is 3.26. The number of amides is 1. The Morgan fingerprint density at radius 2 is 1.75 bits per heavy atom. The first kappa shape index (κ1) is 25.4. The van der Waals surface area contributed by atoms with E-state index in [-0.39, 0.29) is 36.4 Å². The van der Waals surface area contributed by atoms with E-state index in [0.29, 0.717) is 32.1 Å². The first-order chi connectivity index (χ1) is 15.2. The Bertz CT molecular complexity index is 975. The summed E-state index contributed by atoms with van der Waals surface area (Å²) in [5.74, 6) is 0.631. The van der Waals surface area contributed by atoms with Gasteiger partial charge in [0.25, 0.3) is 0 Å². The molecular weight excluding hydrogens is 515 g/mol. The van der Waals surface area contributed by atoms with E-state index >= 15 is 0 Å². The van der Waals surface area contributed by atoms with Crippen molar-refractivity contribution in [3.8, 4) is 0 Å². The molecule has 0 bridgehead atoms. The average Bonchev–Trinajstić information content (AvgIpc) is 3.32. The molecule has 0 aliphatic carbocycles.